The minimum Gasteiger partial charge on any atom is -0.349 e. The number of aromatic nitrogens is 2. The van der Waals surface area contributed by atoms with E-state index in [0.717, 1.165) is 17.7 Å². The van der Waals surface area contributed by atoms with E-state index < -0.39 is 11.7 Å². The standard InChI is InChI=1S/C20H17ClF3N3O2S/c1-12(15-7-2-3-8-16(15)21)25-17(28)10-30-11-18-26-19(27-29-18)13-5-4-6-14(9-13)20(22,23)24/h2-9,12H,10-11H2,1H3,(H,25,28). The van der Waals surface area contributed by atoms with Crippen LogP contribution in [0.3, 0.4) is 0 Å². The molecule has 0 aliphatic carbocycles. The summed E-state index contributed by atoms with van der Waals surface area (Å²) in [6.45, 7) is 1.84. The number of hydrogen-bond acceptors (Lipinski definition) is 5. The highest BCUT2D eigenvalue weighted by atomic mass is 35.5. The molecule has 0 spiro atoms. The topological polar surface area (TPSA) is 68.0 Å². The van der Waals surface area contributed by atoms with E-state index in [0.29, 0.717) is 5.02 Å². The maximum atomic E-state index is 12.8. The van der Waals surface area contributed by atoms with Gasteiger partial charge in [-0.05, 0) is 30.7 Å². The first-order valence-electron chi connectivity index (χ1n) is 8.86. The summed E-state index contributed by atoms with van der Waals surface area (Å²) in [5.41, 5.74) is 0.237. The van der Waals surface area contributed by atoms with Gasteiger partial charge in [-0.15, -0.1) is 11.8 Å². The number of benzene rings is 2. The first-order valence-corrected chi connectivity index (χ1v) is 10.4. The molecule has 1 atom stereocenters. The van der Waals surface area contributed by atoms with E-state index in [9.17, 15) is 18.0 Å². The summed E-state index contributed by atoms with van der Waals surface area (Å²) >= 11 is 7.38. The van der Waals surface area contributed by atoms with E-state index in [-0.39, 0.29) is 40.7 Å². The van der Waals surface area contributed by atoms with E-state index in [1.54, 1.807) is 6.07 Å². The molecule has 2 aromatic carbocycles. The maximum Gasteiger partial charge on any atom is 0.416 e. The molecule has 0 saturated carbocycles. The lowest BCUT2D eigenvalue weighted by Crippen LogP contribution is -2.28. The predicted octanol–water partition coefficient (Wildman–Crippen LogP) is 5.52. The molecule has 0 fully saturated rings. The van der Waals surface area contributed by atoms with Crippen molar-refractivity contribution < 1.29 is 22.5 Å². The van der Waals surface area contributed by atoms with Gasteiger partial charge in [0.2, 0.25) is 17.6 Å². The van der Waals surface area contributed by atoms with Crippen LogP contribution in [0.15, 0.2) is 53.1 Å². The van der Waals surface area contributed by atoms with Gasteiger partial charge in [-0.3, -0.25) is 4.79 Å². The lowest BCUT2D eigenvalue weighted by molar-refractivity contribution is -0.137. The van der Waals surface area contributed by atoms with Gasteiger partial charge in [0.25, 0.3) is 0 Å². The van der Waals surface area contributed by atoms with Crippen molar-refractivity contribution >= 4 is 29.3 Å². The second-order valence-electron chi connectivity index (χ2n) is 6.39. The summed E-state index contributed by atoms with van der Waals surface area (Å²) in [6.07, 6.45) is -4.45. The fraction of sp³-hybridized carbons (Fsp3) is 0.250. The molecule has 3 aromatic rings. The molecule has 5 nitrogen and oxygen atoms in total. The van der Waals surface area contributed by atoms with E-state index in [4.69, 9.17) is 16.1 Å². The fourth-order valence-electron chi connectivity index (χ4n) is 2.68. The highest BCUT2D eigenvalue weighted by Gasteiger charge is 2.30. The lowest BCUT2D eigenvalue weighted by Gasteiger charge is -2.15. The van der Waals surface area contributed by atoms with Gasteiger partial charge >= 0.3 is 6.18 Å². The van der Waals surface area contributed by atoms with Crippen LogP contribution in [0.25, 0.3) is 11.4 Å². The number of hydrogen-bond donors (Lipinski definition) is 1. The van der Waals surface area contributed by atoms with Crippen LogP contribution >= 0.6 is 23.4 Å². The number of rotatable bonds is 7. The molecule has 1 amide bonds. The van der Waals surface area contributed by atoms with Crippen molar-refractivity contribution in [3.05, 3.63) is 70.6 Å². The minimum atomic E-state index is -4.45. The highest BCUT2D eigenvalue weighted by molar-refractivity contribution is 7.99. The SMILES string of the molecule is CC(NC(=O)CSCc1nc(-c2cccc(C(F)(F)F)c2)no1)c1ccccc1Cl. The molecule has 30 heavy (non-hydrogen) atoms. The average molecular weight is 456 g/mol. The van der Waals surface area contributed by atoms with Crippen molar-refractivity contribution in [2.45, 2.75) is 24.9 Å². The number of amides is 1. The summed E-state index contributed by atoms with van der Waals surface area (Å²) in [7, 11) is 0. The molecule has 0 radical (unpaired) electrons. The Labute approximate surface area is 180 Å². The summed E-state index contributed by atoms with van der Waals surface area (Å²) in [4.78, 5) is 16.2. The molecule has 1 unspecified atom stereocenters. The molecule has 0 saturated heterocycles. The monoisotopic (exact) mass is 455 g/mol. The van der Waals surface area contributed by atoms with Gasteiger partial charge in [0.15, 0.2) is 0 Å². The molecule has 0 aliphatic heterocycles. The molecule has 0 aliphatic rings. The minimum absolute atomic E-state index is 0.0634. The first-order chi connectivity index (χ1) is 14.2. The van der Waals surface area contributed by atoms with Crippen LogP contribution in [-0.2, 0) is 16.7 Å². The van der Waals surface area contributed by atoms with Crippen LogP contribution in [0.4, 0.5) is 13.2 Å². The first kappa shape index (κ1) is 22.2. The van der Waals surface area contributed by atoms with Crippen LogP contribution in [0.1, 0.15) is 30.0 Å². The Balaban J connectivity index is 1.52. The normalized spacial score (nSPS) is 12.6. The van der Waals surface area contributed by atoms with Gasteiger partial charge in [0, 0.05) is 10.6 Å². The number of carbonyl (C=O) groups is 1. The van der Waals surface area contributed by atoms with Crippen molar-refractivity contribution in [1.82, 2.24) is 15.5 Å². The number of nitrogens with zero attached hydrogens (tertiary/aromatic N) is 2. The molecule has 0 bridgehead atoms. The summed E-state index contributed by atoms with van der Waals surface area (Å²) in [5.74, 6) is 0.494. The lowest BCUT2D eigenvalue weighted by atomic mass is 10.1. The molecule has 3 rings (SSSR count). The zero-order valence-electron chi connectivity index (χ0n) is 15.7. The molecular weight excluding hydrogens is 439 g/mol. The van der Waals surface area contributed by atoms with Gasteiger partial charge < -0.3 is 9.84 Å². The van der Waals surface area contributed by atoms with E-state index in [1.165, 1.54) is 23.9 Å². The molecule has 10 heteroatoms. The Kier molecular flexibility index (Phi) is 7.04. The van der Waals surface area contributed by atoms with Crippen molar-refractivity contribution in [1.29, 1.82) is 0 Å². The van der Waals surface area contributed by atoms with Crippen LogP contribution in [0, 0.1) is 0 Å². The smallest absolute Gasteiger partial charge is 0.349 e. The Morgan fingerprint density at radius 3 is 2.73 bits per heavy atom. The Morgan fingerprint density at radius 2 is 2.00 bits per heavy atom. The summed E-state index contributed by atoms with van der Waals surface area (Å²) in [6, 6.07) is 11.7. The highest BCUT2D eigenvalue weighted by Crippen LogP contribution is 2.31. The summed E-state index contributed by atoms with van der Waals surface area (Å²) < 4.78 is 43.6. The quantitative estimate of drug-likeness (QED) is 0.508. The molecule has 1 N–H and O–H groups in total. The van der Waals surface area contributed by atoms with E-state index >= 15 is 0 Å². The van der Waals surface area contributed by atoms with Gasteiger partial charge in [0.1, 0.15) is 0 Å². The average Bonchev–Trinajstić information content (AvgIpc) is 3.16. The number of alkyl halides is 3. The third kappa shape index (κ3) is 5.76. The molecule has 1 aromatic heterocycles. The predicted molar refractivity (Wildman–Crippen MR) is 109 cm³/mol. The van der Waals surface area contributed by atoms with Crippen LogP contribution < -0.4 is 5.32 Å². The van der Waals surface area contributed by atoms with E-state index in [2.05, 4.69) is 15.5 Å². The second-order valence-corrected chi connectivity index (χ2v) is 7.79. The number of halogens is 4. The van der Waals surface area contributed by atoms with E-state index in [1.807, 2.05) is 25.1 Å². The van der Waals surface area contributed by atoms with Gasteiger partial charge in [0.05, 0.1) is 23.1 Å². The fourth-order valence-corrected chi connectivity index (χ4v) is 3.65. The van der Waals surface area contributed by atoms with Gasteiger partial charge in [-0.1, -0.05) is 47.1 Å². The van der Waals surface area contributed by atoms with Crippen LogP contribution in [0.2, 0.25) is 5.02 Å². The molecule has 158 valence electrons. The van der Waals surface area contributed by atoms with Crippen molar-refractivity contribution in [3.8, 4) is 11.4 Å². The second kappa shape index (κ2) is 9.53. The number of nitrogens with one attached hydrogen (secondary N) is 1. The van der Waals surface area contributed by atoms with Crippen LogP contribution in [-0.4, -0.2) is 21.8 Å². The van der Waals surface area contributed by atoms with Crippen LogP contribution in [0.5, 0.6) is 0 Å². The van der Waals surface area contributed by atoms with Crippen molar-refractivity contribution in [2.24, 2.45) is 0 Å². The molecular formula is C20H17ClF3N3O2S. The van der Waals surface area contributed by atoms with Gasteiger partial charge in [-0.25, -0.2) is 0 Å². The van der Waals surface area contributed by atoms with Gasteiger partial charge in [-0.2, -0.15) is 18.2 Å². The third-order valence-corrected chi connectivity index (χ3v) is 5.39. The number of thioether (sulfide) groups is 1. The third-order valence-electron chi connectivity index (χ3n) is 4.12. The molecule has 1 heterocycles. The summed E-state index contributed by atoms with van der Waals surface area (Å²) in [5, 5.41) is 7.16. The number of carbonyl (C=O) groups excluding carboxylic acids is 1. The Morgan fingerprint density at radius 1 is 1.23 bits per heavy atom. The van der Waals surface area contributed by atoms with Crippen molar-refractivity contribution in [2.75, 3.05) is 5.75 Å². The Hall–Kier alpha value is -2.52. The largest absolute Gasteiger partial charge is 0.416 e. The Bertz CT molecular complexity index is 1030. The van der Waals surface area contributed by atoms with Crippen molar-refractivity contribution in [3.63, 3.8) is 0 Å². The zero-order chi connectivity index (χ0) is 21.7. The maximum absolute atomic E-state index is 12.8. The zero-order valence-corrected chi connectivity index (χ0v) is 17.3.